The van der Waals surface area contributed by atoms with Gasteiger partial charge in [0, 0.05) is 34.5 Å². The Morgan fingerprint density at radius 1 is 1.41 bits per heavy atom. The maximum absolute atomic E-state index is 12.1. The van der Waals surface area contributed by atoms with Gasteiger partial charge in [0.1, 0.15) is 5.69 Å². The second kappa shape index (κ2) is 6.03. The summed E-state index contributed by atoms with van der Waals surface area (Å²) in [6.07, 6.45) is 1.67. The van der Waals surface area contributed by atoms with E-state index in [-0.39, 0.29) is 11.7 Å². The minimum Gasteiger partial charge on any atom is -0.350 e. The Morgan fingerprint density at radius 3 is 3.00 bits per heavy atom. The van der Waals surface area contributed by atoms with Gasteiger partial charge in [-0.15, -0.1) is 0 Å². The fraction of sp³-hybridized carbons (Fsp3) is 0.133. The molecule has 0 aliphatic carbocycles. The molecule has 1 amide bonds. The molecule has 0 radical (unpaired) electrons. The highest BCUT2D eigenvalue weighted by Gasteiger charge is 2.14. The van der Waals surface area contributed by atoms with E-state index in [0.717, 1.165) is 16.8 Å². The number of benzene rings is 1. The van der Waals surface area contributed by atoms with E-state index in [4.69, 9.17) is 16.1 Å². The van der Waals surface area contributed by atoms with Crippen LogP contribution in [0.25, 0.3) is 11.3 Å². The molecule has 3 aromatic rings. The largest absolute Gasteiger partial charge is 0.350 e. The van der Waals surface area contributed by atoms with Crippen LogP contribution in [0.1, 0.15) is 21.8 Å². The summed E-state index contributed by atoms with van der Waals surface area (Å²) in [7, 11) is 0. The first-order chi connectivity index (χ1) is 10.6. The minimum atomic E-state index is -0.332. The third-order valence-corrected chi connectivity index (χ3v) is 3.46. The first kappa shape index (κ1) is 14.3. The molecule has 22 heavy (non-hydrogen) atoms. The van der Waals surface area contributed by atoms with Crippen molar-refractivity contribution in [2.24, 2.45) is 0 Å². The molecule has 2 N–H and O–H groups in total. The quantitative estimate of drug-likeness (QED) is 0.775. The van der Waals surface area contributed by atoms with Crippen molar-refractivity contribution in [1.29, 1.82) is 0 Å². The first-order valence-corrected chi connectivity index (χ1v) is 7.01. The highest BCUT2D eigenvalue weighted by molar-refractivity contribution is 6.30. The Bertz CT molecular complexity index is 809. The van der Waals surface area contributed by atoms with Gasteiger partial charge in [0.05, 0.1) is 6.20 Å². The van der Waals surface area contributed by atoms with Crippen LogP contribution < -0.4 is 5.32 Å². The number of carbonyl (C=O) groups is 1. The maximum atomic E-state index is 12.1. The van der Waals surface area contributed by atoms with E-state index >= 15 is 0 Å². The number of carbonyl (C=O) groups excluding carboxylic acids is 1. The zero-order chi connectivity index (χ0) is 15.5. The average Bonchev–Trinajstić information content (AvgIpc) is 3.14. The van der Waals surface area contributed by atoms with Crippen molar-refractivity contribution in [3.05, 3.63) is 58.6 Å². The van der Waals surface area contributed by atoms with Gasteiger partial charge in [0.2, 0.25) is 5.76 Å². The Kier molecular flexibility index (Phi) is 3.93. The summed E-state index contributed by atoms with van der Waals surface area (Å²) in [5, 5.41) is 14.0. The third kappa shape index (κ3) is 3.01. The topological polar surface area (TPSA) is 83.8 Å². The Morgan fingerprint density at radius 2 is 2.27 bits per heavy atom. The number of nitrogens with one attached hydrogen (secondary N) is 2. The average molecular weight is 317 g/mol. The lowest BCUT2D eigenvalue weighted by molar-refractivity contribution is 0.0914. The minimum absolute atomic E-state index is 0.149. The molecule has 2 heterocycles. The van der Waals surface area contributed by atoms with E-state index in [0.29, 0.717) is 17.3 Å². The SMILES string of the molecule is Cc1[nH]ncc1CNC(=O)c1cc(-c2cccc(Cl)c2)no1. The normalized spacial score (nSPS) is 10.6. The number of H-pyrrole nitrogens is 1. The number of hydrogen-bond acceptors (Lipinski definition) is 4. The van der Waals surface area contributed by atoms with Gasteiger partial charge < -0.3 is 9.84 Å². The summed E-state index contributed by atoms with van der Waals surface area (Å²) in [5.41, 5.74) is 3.19. The van der Waals surface area contributed by atoms with Gasteiger partial charge in [-0.25, -0.2) is 0 Å². The second-order valence-electron chi connectivity index (χ2n) is 4.79. The fourth-order valence-electron chi connectivity index (χ4n) is 1.98. The van der Waals surface area contributed by atoms with Gasteiger partial charge in [-0.3, -0.25) is 9.89 Å². The van der Waals surface area contributed by atoms with Crippen LogP contribution in [-0.4, -0.2) is 21.3 Å². The molecule has 0 saturated heterocycles. The van der Waals surface area contributed by atoms with E-state index in [9.17, 15) is 4.79 Å². The zero-order valence-electron chi connectivity index (χ0n) is 11.8. The highest BCUT2D eigenvalue weighted by Crippen LogP contribution is 2.22. The van der Waals surface area contributed by atoms with Gasteiger partial charge >= 0.3 is 0 Å². The summed E-state index contributed by atoms with van der Waals surface area (Å²) >= 11 is 5.94. The summed E-state index contributed by atoms with van der Waals surface area (Å²) in [6, 6.07) is 8.78. The summed E-state index contributed by atoms with van der Waals surface area (Å²) < 4.78 is 5.09. The Balaban J connectivity index is 1.70. The Hall–Kier alpha value is -2.60. The molecule has 0 fully saturated rings. The smallest absolute Gasteiger partial charge is 0.290 e. The number of amides is 1. The monoisotopic (exact) mass is 316 g/mol. The van der Waals surface area contributed by atoms with Gasteiger partial charge in [0.15, 0.2) is 0 Å². The molecule has 2 aromatic heterocycles. The molecule has 112 valence electrons. The zero-order valence-corrected chi connectivity index (χ0v) is 12.5. The third-order valence-electron chi connectivity index (χ3n) is 3.23. The number of aryl methyl sites for hydroxylation is 1. The van der Waals surface area contributed by atoms with Crippen molar-refractivity contribution in [3.63, 3.8) is 0 Å². The van der Waals surface area contributed by atoms with Crippen molar-refractivity contribution < 1.29 is 9.32 Å². The maximum Gasteiger partial charge on any atom is 0.290 e. The molecule has 0 aliphatic rings. The van der Waals surface area contributed by atoms with Gasteiger partial charge in [-0.05, 0) is 19.1 Å². The van der Waals surface area contributed by atoms with E-state index in [1.165, 1.54) is 0 Å². The molecule has 6 nitrogen and oxygen atoms in total. The van der Waals surface area contributed by atoms with Crippen molar-refractivity contribution in [2.45, 2.75) is 13.5 Å². The van der Waals surface area contributed by atoms with Crippen LogP contribution in [-0.2, 0) is 6.54 Å². The van der Waals surface area contributed by atoms with Crippen LogP contribution in [0, 0.1) is 6.92 Å². The summed E-state index contributed by atoms with van der Waals surface area (Å²) in [5.74, 6) is -0.183. The van der Waals surface area contributed by atoms with E-state index in [1.807, 2.05) is 19.1 Å². The van der Waals surface area contributed by atoms with Gasteiger partial charge in [0.25, 0.3) is 5.91 Å². The Labute approximate surface area is 131 Å². The van der Waals surface area contributed by atoms with Crippen LogP contribution in [0.3, 0.4) is 0 Å². The predicted octanol–water partition coefficient (Wildman–Crippen LogP) is 2.96. The standard InChI is InChI=1S/C15H13ClN4O2/c1-9-11(8-18-19-9)7-17-15(21)14-6-13(20-22-14)10-3-2-4-12(16)5-10/h2-6,8H,7H2,1H3,(H,17,21)(H,18,19). The van der Waals surface area contributed by atoms with Crippen LogP contribution in [0.15, 0.2) is 41.1 Å². The molecule has 0 spiro atoms. The van der Waals surface area contributed by atoms with E-state index in [1.54, 1.807) is 24.4 Å². The first-order valence-electron chi connectivity index (χ1n) is 6.63. The molecule has 0 saturated carbocycles. The highest BCUT2D eigenvalue weighted by atomic mass is 35.5. The number of nitrogens with zero attached hydrogens (tertiary/aromatic N) is 2. The van der Waals surface area contributed by atoms with Crippen molar-refractivity contribution in [2.75, 3.05) is 0 Å². The van der Waals surface area contributed by atoms with E-state index < -0.39 is 0 Å². The molecule has 3 rings (SSSR count). The van der Waals surface area contributed by atoms with Gasteiger partial charge in [-0.2, -0.15) is 5.10 Å². The lowest BCUT2D eigenvalue weighted by Gasteiger charge is -2.00. The number of aromatic nitrogens is 3. The molecule has 0 aliphatic heterocycles. The van der Waals surface area contributed by atoms with Crippen LogP contribution in [0.5, 0.6) is 0 Å². The molecule has 1 aromatic carbocycles. The fourth-order valence-corrected chi connectivity index (χ4v) is 2.17. The van der Waals surface area contributed by atoms with Crippen LogP contribution in [0.4, 0.5) is 0 Å². The lowest BCUT2D eigenvalue weighted by Crippen LogP contribution is -2.22. The van der Waals surface area contributed by atoms with Gasteiger partial charge in [-0.1, -0.05) is 28.9 Å². The molecule has 0 unspecified atom stereocenters. The van der Waals surface area contributed by atoms with Crippen molar-refractivity contribution >= 4 is 17.5 Å². The lowest BCUT2D eigenvalue weighted by atomic mass is 10.1. The number of rotatable bonds is 4. The number of hydrogen-bond donors (Lipinski definition) is 2. The van der Waals surface area contributed by atoms with Crippen LogP contribution >= 0.6 is 11.6 Å². The van der Waals surface area contributed by atoms with Crippen molar-refractivity contribution in [3.8, 4) is 11.3 Å². The van der Waals surface area contributed by atoms with Crippen molar-refractivity contribution in [1.82, 2.24) is 20.7 Å². The summed E-state index contributed by atoms with van der Waals surface area (Å²) in [6.45, 7) is 2.26. The molecular formula is C15H13ClN4O2. The second-order valence-corrected chi connectivity index (χ2v) is 5.23. The number of halogens is 1. The predicted molar refractivity (Wildman–Crippen MR) is 81.4 cm³/mol. The molecule has 0 bridgehead atoms. The molecule has 0 atom stereocenters. The molecule has 7 heteroatoms. The van der Waals surface area contributed by atoms with E-state index in [2.05, 4.69) is 20.7 Å². The summed E-state index contributed by atoms with van der Waals surface area (Å²) in [4.78, 5) is 12.1. The molecular weight excluding hydrogens is 304 g/mol. The van der Waals surface area contributed by atoms with Crippen LogP contribution in [0.2, 0.25) is 5.02 Å². The number of aromatic amines is 1.